The highest BCUT2D eigenvalue weighted by Crippen LogP contribution is 2.19. The molecule has 0 radical (unpaired) electrons. The second-order valence-corrected chi connectivity index (χ2v) is 5.11. The number of fused-ring (bicyclic) bond motifs is 1. The number of benzene rings is 1. The van der Waals surface area contributed by atoms with Crippen molar-refractivity contribution < 1.29 is 0 Å². The molecule has 17 heavy (non-hydrogen) atoms. The fourth-order valence-electron chi connectivity index (χ4n) is 2.11. The molecule has 2 N–H and O–H groups in total. The van der Waals surface area contributed by atoms with Gasteiger partial charge in [0.15, 0.2) is 0 Å². The average Bonchev–Trinajstić information content (AvgIpc) is 2.68. The lowest BCUT2D eigenvalue weighted by Gasteiger charge is -2.07. The zero-order chi connectivity index (χ0) is 12.3. The molecule has 0 amide bonds. The van der Waals surface area contributed by atoms with Crippen molar-refractivity contribution in [2.75, 3.05) is 12.0 Å². The van der Waals surface area contributed by atoms with Crippen LogP contribution in [0.4, 0.5) is 0 Å². The van der Waals surface area contributed by atoms with Crippen LogP contribution in [0.1, 0.15) is 12.6 Å². The molecule has 0 saturated heterocycles. The Balaban J connectivity index is 2.33. The number of thioether (sulfide) groups is 1. The van der Waals surface area contributed by atoms with E-state index in [0.29, 0.717) is 0 Å². The fourth-order valence-corrected chi connectivity index (χ4v) is 2.66. The van der Waals surface area contributed by atoms with Crippen LogP contribution in [0.25, 0.3) is 10.9 Å². The van der Waals surface area contributed by atoms with Crippen molar-refractivity contribution in [1.29, 1.82) is 0 Å². The lowest BCUT2D eigenvalue weighted by Crippen LogP contribution is -2.25. The highest BCUT2D eigenvalue weighted by Gasteiger charge is 2.12. The molecule has 0 saturated carbocycles. The Morgan fingerprint density at radius 1 is 1.41 bits per heavy atom. The Bertz CT molecular complexity index is 492. The Kier molecular flexibility index (Phi) is 4.07. The van der Waals surface area contributed by atoms with E-state index in [1.165, 1.54) is 10.9 Å². The summed E-state index contributed by atoms with van der Waals surface area (Å²) in [4.78, 5) is 0. The molecule has 0 bridgehead atoms. The van der Waals surface area contributed by atoms with E-state index in [2.05, 4.69) is 47.2 Å². The van der Waals surface area contributed by atoms with E-state index in [9.17, 15) is 0 Å². The number of para-hydroxylation sites is 1. The van der Waals surface area contributed by atoms with Gasteiger partial charge in [-0.2, -0.15) is 16.9 Å². The quantitative estimate of drug-likeness (QED) is 0.884. The maximum absolute atomic E-state index is 6.09. The topological polar surface area (TPSA) is 43.8 Å². The van der Waals surface area contributed by atoms with Gasteiger partial charge in [0, 0.05) is 30.1 Å². The summed E-state index contributed by atoms with van der Waals surface area (Å²) in [6.07, 6.45) is 2.94. The Morgan fingerprint density at radius 2 is 2.18 bits per heavy atom. The SMILES string of the molecule is CCn1nc(CC(N)CSC)c2ccccc21. The van der Waals surface area contributed by atoms with Gasteiger partial charge in [0.1, 0.15) is 0 Å². The summed E-state index contributed by atoms with van der Waals surface area (Å²) in [7, 11) is 0. The van der Waals surface area contributed by atoms with Crippen LogP contribution in [0, 0.1) is 0 Å². The van der Waals surface area contributed by atoms with Crippen LogP contribution in [0.5, 0.6) is 0 Å². The minimum atomic E-state index is 0.189. The molecule has 2 rings (SSSR count). The molecule has 0 spiro atoms. The van der Waals surface area contributed by atoms with E-state index in [1.54, 1.807) is 11.8 Å². The Labute approximate surface area is 106 Å². The molecule has 4 heteroatoms. The van der Waals surface area contributed by atoms with Crippen molar-refractivity contribution >= 4 is 22.7 Å². The zero-order valence-electron chi connectivity index (χ0n) is 10.4. The molecule has 1 aromatic carbocycles. The average molecular weight is 249 g/mol. The summed E-state index contributed by atoms with van der Waals surface area (Å²) in [6.45, 7) is 3.02. The van der Waals surface area contributed by atoms with Crippen LogP contribution in [0.2, 0.25) is 0 Å². The van der Waals surface area contributed by atoms with E-state index in [-0.39, 0.29) is 6.04 Å². The molecule has 0 aliphatic rings. The van der Waals surface area contributed by atoms with Gasteiger partial charge in [-0.1, -0.05) is 18.2 Å². The van der Waals surface area contributed by atoms with Gasteiger partial charge < -0.3 is 5.73 Å². The molecular formula is C13H19N3S. The maximum atomic E-state index is 6.09. The first-order chi connectivity index (χ1) is 8.26. The van der Waals surface area contributed by atoms with Gasteiger partial charge in [-0.05, 0) is 19.2 Å². The second kappa shape index (κ2) is 5.56. The summed E-state index contributed by atoms with van der Waals surface area (Å²) in [6, 6.07) is 8.56. The summed E-state index contributed by atoms with van der Waals surface area (Å²) in [5.41, 5.74) is 8.43. The van der Waals surface area contributed by atoms with Crippen molar-refractivity contribution in [2.45, 2.75) is 25.9 Å². The third-order valence-electron chi connectivity index (χ3n) is 2.87. The van der Waals surface area contributed by atoms with E-state index in [4.69, 9.17) is 5.73 Å². The molecule has 1 aromatic heterocycles. The van der Waals surface area contributed by atoms with E-state index < -0.39 is 0 Å². The molecule has 2 aromatic rings. The van der Waals surface area contributed by atoms with Crippen molar-refractivity contribution in [2.24, 2.45) is 5.73 Å². The molecule has 0 aliphatic heterocycles. The van der Waals surface area contributed by atoms with Gasteiger partial charge in [-0.15, -0.1) is 0 Å². The monoisotopic (exact) mass is 249 g/mol. The van der Waals surface area contributed by atoms with Crippen LogP contribution < -0.4 is 5.73 Å². The van der Waals surface area contributed by atoms with Crippen molar-refractivity contribution in [1.82, 2.24) is 9.78 Å². The number of hydrogen-bond acceptors (Lipinski definition) is 3. The summed E-state index contributed by atoms with van der Waals surface area (Å²) >= 11 is 1.79. The molecule has 1 atom stereocenters. The van der Waals surface area contributed by atoms with Gasteiger partial charge in [0.05, 0.1) is 11.2 Å². The van der Waals surface area contributed by atoms with Crippen molar-refractivity contribution in [3.05, 3.63) is 30.0 Å². The third-order valence-corrected chi connectivity index (χ3v) is 3.63. The molecular weight excluding hydrogens is 230 g/mol. The fraction of sp³-hybridized carbons (Fsp3) is 0.462. The predicted octanol–water partition coefficient (Wildman–Crippen LogP) is 2.29. The van der Waals surface area contributed by atoms with E-state index in [0.717, 1.165) is 24.4 Å². The number of hydrogen-bond donors (Lipinski definition) is 1. The first kappa shape index (κ1) is 12.5. The molecule has 0 aliphatic carbocycles. The van der Waals surface area contributed by atoms with Crippen LogP contribution in [-0.2, 0) is 13.0 Å². The van der Waals surface area contributed by atoms with Crippen molar-refractivity contribution in [3.63, 3.8) is 0 Å². The van der Waals surface area contributed by atoms with Gasteiger partial charge in [0.25, 0.3) is 0 Å². The standard InChI is InChI=1S/C13H19N3S/c1-3-16-13-7-5-4-6-11(13)12(15-16)8-10(14)9-17-2/h4-7,10H,3,8-9,14H2,1-2H3. The number of aryl methyl sites for hydroxylation is 1. The number of nitrogens with two attached hydrogens (primary N) is 1. The highest BCUT2D eigenvalue weighted by molar-refractivity contribution is 7.98. The van der Waals surface area contributed by atoms with E-state index >= 15 is 0 Å². The predicted molar refractivity (Wildman–Crippen MR) is 75.5 cm³/mol. The summed E-state index contributed by atoms with van der Waals surface area (Å²) < 4.78 is 2.05. The number of aromatic nitrogens is 2. The normalized spacial score (nSPS) is 13.1. The summed E-state index contributed by atoms with van der Waals surface area (Å²) in [5, 5.41) is 5.90. The molecule has 1 heterocycles. The minimum Gasteiger partial charge on any atom is -0.327 e. The Morgan fingerprint density at radius 3 is 2.88 bits per heavy atom. The number of nitrogens with zero attached hydrogens (tertiary/aromatic N) is 2. The van der Waals surface area contributed by atoms with Gasteiger partial charge in [-0.25, -0.2) is 0 Å². The Hall–Kier alpha value is -1.00. The maximum Gasteiger partial charge on any atom is 0.0719 e. The largest absolute Gasteiger partial charge is 0.327 e. The lowest BCUT2D eigenvalue weighted by atomic mass is 10.1. The number of rotatable bonds is 5. The highest BCUT2D eigenvalue weighted by atomic mass is 32.2. The van der Waals surface area contributed by atoms with Crippen LogP contribution in [0.15, 0.2) is 24.3 Å². The van der Waals surface area contributed by atoms with Gasteiger partial charge in [-0.3, -0.25) is 4.68 Å². The smallest absolute Gasteiger partial charge is 0.0719 e. The van der Waals surface area contributed by atoms with Crippen LogP contribution in [0.3, 0.4) is 0 Å². The summed E-state index contributed by atoms with van der Waals surface area (Å²) in [5.74, 6) is 0.979. The molecule has 0 fully saturated rings. The van der Waals surface area contributed by atoms with Gasteiger partial charge in [0.2, 0.25) is 0 Å². The zero-order valence-corrected chi connectivity index (χ0v) is 11.2. The van der Waals surface area contributed by atoms with E-state index in [1.807, 2.05) is 0 Å². The lowest BCUT2D eigenvalue weighted by molar-refractivity contribution is 0.649. The minimum absolute atomic E-state index is 0.189. The first-order valence-electron chi connectivity index (χ1n) is 5.95. The van der Waals surface area contributed by atoms with Crippen LogP contribution in [-0.4, -0.2) is 27.8 Å². The van der Waals surface area contributed by atoms with Gasteiger partial charge >= 0.3 is 0 Å². The van der Waals surface area contributed by atoms with Crippen LogP contribution >= 0.6 is 11.8 Å². The molecule has 92 valence electrons. The second-order valence-electron chi connectivity index (χ2n) is 4.20. The molecule has 3 nitrogen and oxygen atoms in total. The first-order valence-corrected chi connectivity index (χ1v) is 7.34. The van der Waals surface area contributed by atoms with Crippen molar-refractivity contribution in [3.8, 4) is 0 Å². The molecule has 1 unspecified atom stereocenters. The third kappa shape index (κ3) is 2.64.